The zero-order chi connectivity index (χ0) is 15.6. The van der Waals surface area contributed by atoms with Crippen LogP contribution in [0.4, 0.5) is 5.69 Å². The van der Waals surface area contributed by atoms with Crippen LogP contribution in [0.5, 0.6) is 0 Å². The number of rotatable bonds is 5. The van der Waals surface area contributed by atoms with Crippen molar-refractivity contribution in [3.8, 4) is 0 Å². The zero-order valence-corrected chi connectivity index (χ0v) is 14.3. The van der Waals surface area contributed by atoms with Crippen molar-refractivity contribution < 1.29 is 13.5 Å². The lowest BCUT2D eigenvalue weighted by atomic mass is 9.86. The van der Waals surface area contributed by atoms with E-state index >= 15 is 0 Å². The van der Waals surface area contributed by atoms with Crippen LogP contribution in [0.15, 0.2) is 27.6 Å². The molecule has 0 spiro atoms. The van der Waals surface area contributed by atoms with Gasteiger partial charge in [-0.15, -0.1) is 0 Å². The number of aliphatic hydroxyl groups is 1. The van der Waals surface area contributed by atoms with E-state index in [1.165, 1.54) is 12.1 Å². The summed E-state index contributed by atoms with van der Waals surface area (Å²) < 4.78 is 28.0. The molecule has 1 rings (SSSR count). The summed E-state index contributed by atoms with van der Waals surface area (Å²) >= 11 is 3.23. The van der Waals surface area contributed by atoms with E-state index in [4.69, 9.17) is 10.8 Å². The third kappa shape index (κ3) is 4.44. The SMILES string of the molecule is CC(C)(C)C(CCO)NS(=O)(=O)c1ccc(Br)c(N)c1. The number of aliphatic hydroxyl groups excluding tert-OH is 1. The van der Waals surface area contributed by atoms with Crippen molar-refractivity contribution in [1.29, 1.82) is 0 Å². The van der Waals surface area contributed by atoms with E-state index < -0.39 is 10.0 Å². The highest BCUT2D eigenvalue weighted by molar-refractivity contribution is 9.10. The Labute approximate surface area is 128 Å². The first-order chi connectivity index (χ1) is 9.08. The second-order valence-electron chi connectivity index (χ2n) is 5.74. The van der Waals surface area contributed by atoms with Gasteiger partial charge in [0.25, 0.3) is 0 Å². The Hall–Kier alpha value is -0.630. The number of benzene rings is 1. The van der Waals surface area contributed by atoms with Crippen LogP contribution in [0.25, 0.3) is 0 Å². The molecule has 1 aromatic carbocycles. The minimum absolute atomic E-state index is 0.0765. The van der Waals surface area contributed by atoms with E-state index in [2.05, 4.69) is 20.7 Å². The fourth-order valence-electron chi connectivity index (χ4n) is 1.74. The van der Waals surface area contributed by atoms with Crippen LogP contribution in [-0.4, -0.2) is 26.2 Å². The molecule has 1 atom stereocenters. The molecular formula is C13H21BrN2O3S. The van der Waals surface area contributed by atoms with E-state index in [-0.39, 0.29) is 23.0 Å². The van der Waals surface area contributed by atoms with Gasteiger partial charge in [-0.2, -0.15) is 0 Å². The Morgan fingerprint density at radius 3 is 2.45 bits per heavy atom. The van der Waals surface area contributed by atoms with Crippen molar-refractivity contribution >= 4 is 31.6 Å². The molecule has 0 radical (unpaired) electrons. The zero-order valence-electron chi connectivity index (χ0n) is 11.9. The maximum absolute atomic E-state index is 12.4. The van der Waals surface area contributed by atoms with Crippen molar-refractivity contribution in [2.24, 2.45) is 5.41 Å². The number of nitrogens with two attached hydrogens (primary N) is 1. The highest BCUT2D eigenvalue weighted by Crippen LogP contribution is 2.26. The van der Waals surface area contributed by atoms with Gasteiger partial charge >= 0.3 is 0 Å². The van der Waals surface area contributed by atoms with E-state index in [9.17, 15) is 8.42 Å². The molecule has 0 saturated carbocycles. The molecule has 5 nitrogen and oxygen atoms in total. The normalized spacial score (nSPS) is 14.2. The Balaban J connectivity index is 3.06. The van der Waals surface area contributed by atoms with Gasteiger partial charge in [-0.25, -0.2) is 13.1 Å². The minimum Gasteiger partial charge on any atom is -0.398 e. The number of sulfonamides is 1. The van der Waals surface area contributed by atoms with Gasteiger partial charge < -0.3 is 10.8 Å². The molecule has 114 valence electrons. The topological polar surface area (TPSA) is 92.4 Å². The molecule has 4 N–H and O–H groups in total. The van der Waals surface area contributed by atoms with Gasteiger partial charge in [-0.1, -0.05) is 20.8 Å². The number of nitrogens with one attached hydrogen (secondary N) is 1. The van der Waals surface area contributed by atoms with Crippen LogP contribution in [0.3, 0.4) is 0 Å². The third-order valence-corrected chi connectivity index (χ3v) is 5.23. The molecule has 0 bridgehead atoms. The van der Waals surface area contributed by atoms with Gasteiger partial charge in [0.1, 0.15) is 0 Å². The Morgan fingerprint density at radius 1 is 1.40 bits per heavy atom. The largest absolute Gasteiger partial charge is 0.398 e. The molecule has 0 aliphatic rings. The fraction of sp³-hybridized carbons (Fsp3) is 0.538. The average molecular weight is 365 g/mol. The number of hydrogen-bond donors (Lipinski definition) is 3. The summed E-state index contributed by atoms with van der Waals surface area (Å²) in [7, 11) is -3.67. The first-order valence-corrected chi connectivity index (χ1v) is 8.54. The predicted molar refractivity (Wildman–Crippen MR) is 83.8 cm³/mol. The van der Waals surface area contributed by atoms with Crippen LogP contribution in [0.2, 0.25) is 0 Å². The standard InChI is InChI=1S/C13H21BrN2O3S/c1-13(2,3)12(6-7-17)16-20(18,19)9-4-5-10(14)11(15)8-9/h4-5,8,12,16-17H,6-7,15H2,1-3H3. The van der Waals surface area contributed by atoms with Crippen molar-refractivity contribution in [3.05, 3.63) is 22.7 Å². The van der Waals surface area contributed by atoms with Crippen LogP contribution < -0.4 is 10.5 Å². The quantitative estimate of drug-likeness (QED) is 0.697. The highest BCUT2D eigenvalue weighted by atomic mass is 79.9. The fourth-order valence-corrected chi connectivity index (χ4v) is 3.50. The highest BCUT2D eigenvalue weighted by Gasteiger charge is 2.29. The molecule has 1 aromatic rings. The lowest BCUT2D eigenvalue weighted by Crippen LogP contribution is -2.44. The molecule has 1 unspecified atom stereocenters. The second kappa shape index (κ2) is 6.43. The monoisotopic (exact) mass is 364 g/mol. The molecule has 0 amide bonds. The summed E-state index contributed by atoms with van der Waals surface area (Å²) in [6.45, 7) is 5.69. The Morgan fingerprint density at radius 2 is 2.00 bits per heavy atom. The van der Waals surface area contributed by atoms with Gasteiger partial charge in [0, 0.05) is 22.8 Å². The number of nitrogen functional groups attached to an aromatic ring is 1. The van der Waals surface area contributed by atoms with Crippen LogP contribution in [0, 0.1) is 5.41 Å². The van der Waals surface area contributed by atoms with Gasteiger partial charge in [0.15, 0.2) is 0 Å². The third-order valence-electron chi connectivity index (χ3n) is 3.04. The molecule has 20 heavy (non-hydrogen) atoms. The number of hydrogen-bond acceptors (Lipinski definition) is 4. The average Bonchev–Trinajstić information content (AvgIpc) is 2.30. The Kier molecular flexibility index (Phi) is 5.60. The molecule has 0 aliphatic carbocycles. The van der Waals surface area contributed by atoms with Crippen molar-refractivity contribution in [1.82, 2.24) is 4.72 Å². The predicted octanol–water partition coefficient (Wildman–Crippen LogP) is 2.11. The summed E-state index contributed by atoms with van der Waals surface area (Å²) in [6.07, 6.45) is 0.356. The van der Waals surface area contributed by atoms with E-state index in [0.717, 1.165) is 0 Å². The molecule has 0 fully saturated rings. The lowest BCUT2D eigenvalue weighted by Gasteiger charge is -2.30. The molecule has 0 heterocycles. The van der Waals surface area contributed by atoms with Crippen molar-refractivity contribution in [2.75, 3.05) is 12.3 Å². The number of halogens is 1. The molecule has 0 aromatic heterocycles. The maximum Gasteiger partial charge on any atom is 0.240 e. The molecule has 0 aliphatic heterocycles. The van der Waals surface area contributed by atoms with E-state index in [1.807, 2.05) is 20.8 Å². The second-order valence-corrected chi connectivity index (χ2v) is 8.30. The summed E-state index contributed by atoms with van der Waals surface area (Å²) in [5.74, 6) is 0. The van der Waals surface area contributed by atoms with Crippen molar-refractivity contribution in [3.63, 3.8) is 0 Å². The van der Waals surface area contributed by atoms with Crippen LogP contribution in [0.1, 0.15) is 27.2 Å². The smallest absolute Gasteiger partial charge is 0.240 e. The van der Waals surface area contributed by atoms with Gasteiger partial charge in [0.2, 0.25) is 10.0 Å². The lowest BCUT2D eigenvalue weighted by molar-refractivity contribution is 0.214. The first kappa shape index (κ1) is 17.4. The summed E-state index contributed by atoms with van der Waals surface area (Å²) in [5, 5.41) is 9.09. The maximum atomic E-state index is 12.4. The van der Waals surface area contributed by atoms with Gasteiger partial charge in [-0.3, -0.25) is 0 Å². The molecular weight excluding hydrogens is 344 g/mol. The molecule has 0 saturated heterocycles. The van der Waals surface area contributed by atoms with Crippen molar-refractivity contribution in [2.45, 2.75) is 38.1 Å². The van der Waals surface area contributed by atoms with Crippen LogP contribution in [-0.2, 0) is 10.0 Å². The van der Waals surface area contributed by atoms with Crippen LogP contribution >= 0.6 is 15.9 Å². The Bertz CT molecular complexity index is 567. The van der Waals surface area contributed by atoms with E-state index in [0.29, 0.717) is 16.6 Å². The summed E-state index contributed by atoms with van der Waals surface area (Å²) in [6, 6.07) is 4.14. The minimum atomic E-state index is -3.67. The summed E-state index contributed by atoms with van der Waals surface area (Å²) in [4.78, 5) is 0.116. The summed E-state index contributed by atoms with van der Waals surface area (Å²) in [5.41, 5.74) is 5.78. The first-order valence-electron chi connectivity index (χ1n) is 6.26. The van der Waals surface area contributed by atoms with Gasteiger partial charge in [0.05, 0.1) is 4.90 Å². The molecule has 7 heteroatoms. The van der Waals surface area contributed by atoms with Gasteiger partial charge in [-0.05, 0) is 46.0 Å². The van der Waals surface area contributed by atoms with E-state index in [1.54, 1.807) is 6.07 Å². The number of anilines is 1.